The van der Waals surface area contributed by atoms with Gasteiger partial charge < -0.3 is 4.90 Å². The van der Waals surface area contributed by atoms with E-state index in [1.165, 1.54) is 0 Å². The summed E-state index contributed by atoms with van der Waals surface area (Å²) in [6.07, 6.45) is 0.0728. The van der Waals surface area contributed by atoms with Gasteiger partial charge in [0.05, 0.1) is 23.7 Å². The Labute approximate surface area is 179 Å². The zero-order valence-electron chi connectivity index (χ0n) is 17.2. The van der Waals surface area contributed by atoms with Crippen LogP contribution in [-0.2, 0) is 20.6 Å². The number of rotatable bonds is 3. The first-order chi connectivity index (χ1) is 14.8. The van der Waals surface area contributed by atoms with E-state index in [1.54, 1.807) is 0 Å². The van der Waals surface area contributed by atoms with Crippen molar-refractivity contribution in [1.29, 1.82) is 0 Å². The smallest absolute Gasteiger partial charge is 0.342 e. The third-order valence-electron chi connectivity index (χ3n) is 6.56. The molecule has 0 N–H and O–H groups in total. The monoisotopic (exact) mass is 437 g/mol. The third-order valence-corrected chi connectivity index (χ3v) is 6.56. The predicted molar refractivity (Wildman–Crippen MR) is 107 cm³/mol. The highest BCUT2D eigenvalue weighted by molar-refractivity contribution is 6.22. The maximum Gasteiger partial charge on any atom is 0.416 e. The number of imide groups is 1. The maximum atomic E-state index is 12.9. The average molecular weight is 437 g/mol. The number of hydrogen-bond acceptors (Lipinski definition) is 4. The molecular formula is C22H26F3N3O3. The van der Waals surface area contributed by atoms with E-state index in [1.807, 2.05) is 9.80 Å². The topological polar surface area (TPSA) is 60.9 Å². The van der Waals surface area contributed by atoms with Crippen LogP contribution in [0.1, 0.15) is 44.1 Å². The molecule has 0 aliphatic carbocycles. The fourth-order valence-electron chi connectivity index (χ4n) is 4.80. The van der Waals surface area contributed by atoms with Gasteiger partial charge in [-0.25, -0.2) is 4.90 Å². The van der Waals surface area contributed by atoms with Crippen LogP contribution in [0.25, 0.3) is 0 Å². The van der Waals surface area contributed by atoms with Crippen molar-refractivity contribution in [3.05, 3.63) is 29.8 Å². The molecule has 3 saturated heterocycles. The van der Waals surface area contributed by atoms with Crippen molar-refractivity contribution in [3.8, 4) is 0 Å². The van der Waals surface area contributed by atoms with Gasteiger partial charge in [0, 0.05) is 19.0 Å². The number of halogens is 3. The average Bonchev–Trinajstić information content (AvgIpc) is 3.07. The van der Waals surface area contributed by atoms with Crippen LogP contribution in [-0.4, -0.2) is 59.7 Å². The van der Waals surface area contributed by atoms with Crippen LogP contribution >= 0.6 is 0 Å². The number of carbonyl (C=O) groups is 3. The summed E-state index contributed by atoms with van der Waals surface area (Å²) in [6.45, 7) is 2.73. The minimum atomic E-state index is -4.48. The van der Waals surface area contributed by atoms with Crippen molar-refractivity contribution in [1.82, 2.24) is 9.80 Å². The Kier molecular flexibility index (Phi) is 6.05. The van der Waals surface area contributed by atoms with Crippen molar-refractivity contribution in [3.63, 3.8) is 0 Å². The van der Waals surface area contributed by atoms with Gasteiger partial charge in [-0.15, -0.1) is 0 Å². The summed E-state index contributed by atoms with van der Waals surface area (Å²) in [4.78, 5) is 43.0. The molecule has 1 atom stereocenters. The second-order valence-electron chi connectivity index (χ2n) is 8.53. The summed E-state index contributed by atoms with van der Waals surface area (Å²) >= 11 is 0. The molecule has 9 heteroatoms. The number of hydrogen-bond donors (Lipinski definition) is 0. The second kappa shape index (κ2) is 8.61. The summed E-state index contributed by atoms with van der Waals surface area (Å²) < 4.78 is 38.3. The summed E-state index contributed by atoms with van der Waals surface area (Å²) in [5.74, 6) is -0.682. The standard InChI is InChI=1S/C22H26F3N3O3/c23-22(24,25)16-4-6-17(7-5-16)28-19(29)14-18(21(28)31)26-12-8-15(9-13-26)20(30)27-10-2-1-3-11-27/h4-7,15,18H,1-3,8-14H2/t18-/m1/s1. The molecule has 1 aromatic carbocycles. The van der Waals surface area contributed by atoms with E-state index < -0.39 is 29.6 Å². The first kappa shape index (κ1) is 21.8. The fraction of sp³-hybridized carbons (Fsp3) is 0.591. The molecule has 3 aliphatic heterocycles. The van der Waals surface area contributed by atoms with Crippen molar-refractivity contribution in [2.45, 2.75) is 50.7 Å². The minimum absolute atomic E-state index is 0.00456. The molecule has 6 nitrogen and oxygen atoms in total. The molecule has 3 amide bonds. The van der Waals surface area contributed by atoms with Crippen LogP contribution < -0.4 is 4.90 Å². The first-order valence-corrected chi connectivity index (χ1v) is 10.8. The van der Waals surface area contributed by atoms with Crippen LogP contribution in [0.4, 0.5) is 18.9 Å². The lowest BCUT2D eigenvalue weighted by molar-refractivity contribution is -0.138. The van der Waals surface area contributed by atoms with E-state index in [0.717, 1.165) is 61.5 Å². The maximum absolute atomic E-state index is 12.9. The largest absolute Gasteiger partial charge is 0.416 e. The highest BCUT2D eigenvalue weighted by Crippen LogP contribution is 2.33. The van der Waals surface area contributed by atoms with E-state index in [-0.39, 0.29) is 23.9 Å². The molecule has 0 bridgehead atoms. The van der Waals surface area contributed by atoms with Gasteiger partial charge in [-0.05, 0) is 69.5 Å². The molecule has 0 spiro atoms. The Morgan fingerprint density at radius 2 is 1.52 bits per heavy atom. The molecule has 0 radical (unpaired) electrons. The van der Waals surface area contributed by atoms with Gasteiger partial charge in [0.25, 0.3) is 5.91 Å². The Morgan fingerprint density at radius 1 is 0.903 bits per heavy atom. The lowest BCUT2D eigenvalue weighted by Crippen LogP contribution is -2.49. The molecule has 0 saturated carbocycles. The van der Waals surface area contributed by atoms with Crippen LogP contribution in [0.15, 0.2) is 24.3 Å². The number of nitrogens with zero attached hydrogens (tertiary/aromatic N) is 3. The molecule has 3 fully saturated rings. The number of anilines is 1. The molecule has 31 heavy (non-hydrogen) atoms. The van der Waals surface area contributed by atoms with Crippen LogP contribution in [0.3, 0.4) is 0 Å². The fourth-order valence-corrected chi connectivity index (χ4v) is 4.80. The zero-order chi connectivity index (χ0) is 22.2. The van der Waals surface area contributed by atoms with E-state index in [4.69, 9.17) is 0 Å². The molecule has 0 unspecified atom stereocenters. The number of likely N-dealkylation sites (tertiary alicyclic amines) is 2. The molecule has 1 aromatic rings. The first-order valence-electron chi connectivity index (χ1n) is 10.8. The minimum Gasteiger partial charge on any atom is -0.342 e. The quantitative estimate of drug-likeness (QED) is 0.682. The van der Waals surface area contributed by atoms with Crippen LogP contribution in [0.2, 0.25) is 0 Å². The molecule has 4 rings (SSSR count). The van der Waals surface area contributed by atoms with Crippen molar-refractivity contribution >= 4 is 23.4 Å². The van der Waals surface area contributed by atoms with Gasteiger partial charge in [-0.2, -0.15) is 13.2 Å². The molecule has 168 valence electrons. The Bertz CT molecular complexity index is 842. The lowest BCUT2D eigenvalue weighted by atomic mass is 9.93. The molecular weight excluding hydrogens is 411 g/mol. The zero-order valence-corrected chi connectivity index (χ0v) is 17.2. The van der Waals surface area contributed by atoms with E-state index in [9.17, 15) is 27.6 Å². The summed E-state index contributed by atoms with van der Waals surface area (Å²) in [7, 11) is 0. The Balaban J connectivity index is 1.37. The van der Waals surface area contributed by atoms with Crippen molar-refractivity contribution in [2.75, 3.05) is 31.1 Å². The van der Waals surface area contributed by atoms with Gasteiger partial charge in [0.2, 0.25) is 11.8 Å². The predicted octanol–water partition coefficient (Wildman–Crippen LogP) is 3.06. The number of alkyl halides is 3. The summed E-state index contributed by atoms with van der Waals surface area (Å²) in [6, 6.07) is 3.44. The van der Waals surface area contributed by atoms with Gasteiger partial charge >= 0.3 is 6.18 Å². The van der Waals surface area contributed by atoms with Gasteiger partial charge in [0.1, 0.15) is 0 Å². The molecule has 0 aromatic heterocycles. The number of carbonyl (C=O) groups excluding carboxylic acids is 3. The van der Waals surface area contributed by atoms with Gasteiger partial charge in [-0.3, -0.25) is 19.3 Å². The van der Waals surface area contributed by atoms with Crippen molar-refractivity contribution < 1.29 is 27.6 Å². The number of piperidine rings is 2. The van der Waals surface area contributed by atoms with Gasteiger partial charge in [-0.1, -0.05) is 0 Å². The van der Waals surface area contributed by atoms with E-state index in [0.29, 0.717) is 25.9 Å². The van der Waals surface area contributed by atoms with Crippen LogP contribution in [0, 0.1) is 5.92 Å². The van der Waals surface area contributed by atoms with E-state index in [2.05, 4.69) is 0 Å². The highest BCUT2D eigenvalue weighted by Gasteiger charge is 2.44. The van der Waals surface area contributed by atoms with E-state index >= 15 is 0 Å². The third kappa shape index (κ3) is 4.46. The molecule has 3 heterocycles. The Morgan fingerprint density at radius 3 is 2.10 bits per heavy atom. The summed E-state index contributed by atoms with van der Waals surface area (Å²) in [5.41, 5.74) is -0.673. The normalized spacial score (nSPS) is 24.2. The number of amides is 3. The second-order valence-corrected chi connectivity index (χ2v) is 8.53. The summed E-state index contributed by atoms with van der Waals surface area (Å²) in [5, 5.41) is 0. The van der Waals surface area contributed by atoms with Crippen LogP contribution in [0.5, 0.6) is 0 Å². The highest BCUT2D eigenvalue weighted by atomic mass is 19.4. The molecule has 3 aliphatic rings. The SMILES string of the molecule is O=C(C1CCN([C@@H]2CC(=O)N(c3ccc(C(F)(F)F)cc3)C2=O)CC1)N1CCCCC1. The number of benzene rings is 1. The van der Waals surface area contributed by atoms with Crippen molar-refractivity contribution in [2.24, 2.45) is 5.92 Å². The van der Waals surface area contributed by atoms with Gasteiger partial charge in [0.15, 0.2) is 0 Å². The Hall–Kier alpha value is -2.42. The lowest BCUT2D eigenvalue weighted by Gasteiger charge is -2.37.